The molecular formula is C19H17F4NO3. The van der Waals surface area contributed by atoms with Crippen molar-refractivity contribution in [2.24, 2.45) is 0 Å². The summed E-state index contributed by atoms with van der Waals surface area (Å²) in [6, 6.07) is 8.83. The van der Waals surface area contributed by atoms with Crippen LogP contribution in [0.15, 0.2) is 42.5 Å². The van der Waals surface area contributed by atoms with Crippen LogP contribution in [-0.2, 0) is 4.79 Å². The number of hydrogen-bond donors (Lipinski definition) is 1. The lowest BCUT2D eigenvalue weighted by Crippen LogP contribution is -2.10. The monoisotopic (exact) mass is 383 g/mol. The number of para-hydroxylation sites is 1. The minimum absolute atomic E-state index is 0.105. The van der Waals surface area contributed by atoms with Gasteiger partial charge in [-0.2, -0.15) is 17.6 Å². The Hall–Kier alpha value is -3.03. The van der Waals surface area contributed by atoms with Crippen molar-refractivity contribution in [1.82, 2.24) is 0 Å². The van der Waals surface area contributed by atoms with E-state index in [0.29, 0.717) is 5.69 Å². The van der Waals surface area contributed by atoms with E-state index in [2.05, 4.69) is 14.8 Å². The number of amides is 1. The first-order chi connectivity index (χ1) is 12.8. The molecule has 0 fully saturated rings. The predicted octanol–water partition coefficient (Wildman–Crippen LogP) is 5.16. The molecule has 2 rings (SSSR count). The highest BCUT2D eigenvalue weighted by atomic mass is 19.3. The second-order valence-corrected chi connectivity index (χ2v) is 5.55. The quantitative estimate of drug-likeness (QED) is 0.531. The summed E-state index contributed by atoms with van der Waals surface area (Å²) < 4.78 is 58.1. The van der Waals surface area contributed by atoms with Gasteiger partial charge in [0.2, 0.25) is 5.91 Å². The van der Waals surface area contributed by atoms with Crippen LogP contribution < -0.4 is 14.8 Å². The van der Waals surface area contributed by atoms with Gasteiger partial charge in [0.15, 0.2) is 0 Å². The summed E-state index contributed by atoms with van der Waals surface area (Å²) >= 11 is 0. The molecule has 4 nitrogen and oxygen atoms in total. The summed E-state index contributed by atoms with van der Waals surface area (Å²) in [6.07, 6.45) is 2.37. The highest BCUT2D eigenvalue weighted by Crippen LogP contribution is 2.28. The number of alkyl halides is 4. The largest absolute Gasteiger partial charge is 0.435 e. The smallest absolute Gasteiger partial charge is 0.387 e. The topological polar surface area (TPSA) is 47.6 Å². The Bertz CT molecular complexity index is 817. The Kier molecular flexibility index (Phi) is 6.81. The minimum Gasteiger partial charge on any atom is -0.435 e. The molecule has 0 saturated heterocycles. The molecule has 8 heteroatoms. The highest BCUT2D eigenvalue weighted by Gasteiger charge is 2.12. The van der Waals surface area contributed by atoms with E-state index in [1.165, 1.54) is 12.1 Å². The number of aryl methyl sites for hydroxylation is 2. The molecule has 1 amide bonds. The molecule has 0 spiro atoms. The Morgan fingerprint density at radius 2 is 1.63 bits per heavy atom. The van der Waals surface area contributed by atoms with Gasteiger partial charge in [0, 0.05) is 23.4 Å². The SMILES string of the molecule is Cc1cccc(C)c1NC(=O)/C=C/c1ccc(OC(F)F)cc1OC(F)F. The number of carbonyl (C=O) groups is 1. The second-order valence-electron chi connectivity index (χ2n) is 5.55. The zero-order valence-electron chi connectivity index (χ0n) is 14.5. The second kappa shape index (κ2) is 9.07. The molecular weight excluding hydrogens is 366 g/mol. The first-order valence-corrected chi connectivity index (χ1v) is 7.85. The summed E-state index contributed by atoms with van der Waals surface area (Å²) in [6.45, 7) is -2.60. The van der Waals surface area contributed by atoms with E-state index in [0.717, 1.165) is 29.3 Å². The van der Waals surface area contributed by atoms with Gasteiger partial charge < -0.3 is 14.8 Å². The maximum atomic E-state index is 12.6. The molecule has 27 heavy (non-hydrogen) atoms. The van der Waals surface area contributed by atoms with Crippen molar-refractivity contribution < 1.29 is 31.8 Å². The zero-order chi connectivity index (χ0) is 20.0. The average molecular weight is 383 g/mol. The molecule has 0 unspecified atom stereocenters. The van der Waals surface area contributed by atoms with E-state index in [4.69, 9.17) is 0 Å². The molecule has 2 aromatic rings. The molecule has 1 N–H and O–H groups in total. The highest BCUT2D eigenvalue weighted by molar-refractivity contribution is 6.03. The molecule has 0 radical (unpaired) electrons. The third kappa shape index (κ3) is 6.02. The fourth-order valence-corrected chi connectivity index (χ4v) is 2.37. The van der Waals surface area contributed by atoms with Crippen LogP contribution in [0, 0.1) is 13.8 Å². The van der Waals surface area contributed by atoms with Crippen LogP contribution in [0.3, 0.4) is 0 Å². The molecule has 0 aliphatic carbocycles. The minimum atomic E-state index is -3.16. The normalized spacial score (nSPS) is 11.3. The van der Waals surface area contributed by atoms with Gasteiger partial charge in [-0.25, -0.2) is 0 Å². The third-order valence-corrected chi connectivity index (χ3v) is 3.57. The van der Waals surface area contributed by atoms with Crippen molar-refractivity contribution in [2.75, 3.05) is 5.32 Å². The van der Waals surface area contributed by atoms with E-state index in [-0.39, 0.29) is 17.1 Å². The molecule has 0 heterocycles. The summed E-state index contributed by atoms with van der Waals surface area (Å²) in [4.78, 5) is 12.1. The van der Waals surface area contributed by atoms with Crippen molar-refractivity contribution in [3.8, 4) is 11.5 Å². The van der Waals surface area contributed by atoms with Crippen molar-refractivity contribution in [3.05, 3.63) is 59.2 Å². The van der Waals surface area contributed by atoms with Crippen molar-refractivity contribution in [2.45, 2.75) is 27.1 Å². The van der Waals surface area contributed by atoms with Gasteiger partial charge in [-0.1, -0.05) is 18.2 Å². The number of carbonyl (C=O) groups excluding carboxylic acids is 1. The summed E-state index contributed by atoms with van der Waals surface area (Å²) in [5, 5.41) is 2.71. The lowest BCUT2D eigenvalue weighted by Gasteiger charge is -2.11. The van der Waals surface area contributed by atoms with Crippen LogP contribution in [0.4, 0.5) is 23.2 Å². The number of rotatable bonds is 7. The number of hydrogen-bond acceptors (Lipinski definition) is 3. The van der Waals surface area contributed by atoms with Crippen LogP contribution in [0.1, 0.15) is 16.7 Å². The molecule has 0 aliphatic rings. The van der Waals surface area contributed by atoms with Crippen molar-refractivity contribution >= 4 is 17.7 Å². The van der Waals surface area contributed by atoms with Crippen LogP contribution in [0.5, 0.6) is 11.5 Å². The van der Waals surface area contributed by atoms with Gasteiger partial charge in [-0.3, -0.25) is 4.79 Å². The van der Waals surface area contributed by atoms with E-state index in [1.807, 2.05) is 32.0 Å². The standard InChI is InChI=1S/C19H17F4NO3/c1-11-4-3-5-12(2)17(11)24-16(25)9-7-13-6-8-14(26-18(20)21)10-15(13)27-19(22)23/h3-10,18-19H,1-2H3,(H,24,25)/b9-7+. The lowest BCUT2D eigenvalue weighted by molar-refractivity contribution is -0.111. The van der Waals surface area contributed by atoms with Gasteiger partial charge in [-0.15, -0.1) is 0 Å². The number of halogens is 4. The fourth-order valence-electron chi connectivity index (χ4n) is 2.37. The number of anilines is 1. The summed E-state index contributed by atoms with van der Waals surface area (Å²) in [7, 11) is 0. The fraction of sp³-hybridized carbons (Fsp3) is 0.211. The van der Waals surface area contributed by atoms with E-state index in [9.17, 15) is 22.4 Å². The molecule has 0 aliphatic heterocycles. The van der Waals surface area contributed by atoms with E-state index in [1.54, 1.807) is 0 Å². The maximum absolute atomic E-state index is 12.6. The van der Waals surface area contributed by atoms with Crippen LogP contribution >= 0.6 is 0 Å². The average Bonchev–Trinajstić information content (AvgIpc) is 2.56. The predicted molar refractivity (Wildman–Crippen MR) is 93.3 cm³/mol. The molecule has 0 aromatic heterocycles. The van der Waals surface area contributed by atoms with Crippen LogP contribution in [0.2, 0.25) is 0 Å². The number of ether oxygens (including phenoxy) is 2. The van der Waals surface area contributed by atoms with Gasteiger partial charge in [-0.05, 0) is 43.2 Å². The first-order valence-electron chi connectivity index (χ1n) is 7.85. The Balaban J connectivity index is 2.20. The maximum Gasteiger partial charge on any atom is 0.387 e. The number of benzene rings is 2. The molecule has 0 bridgehead atoms. The van der Waals surface area contributed by atoms with Gasteiger partial charge in [0.25, 0.3) is 0 Å². The first kappa shape index (κ1) is 20.3. The molecule has 0 atom stereocenters. The summed E-state index contributed by atoms with van der Waals surface area (Å²) in [5.74, 6) is -1.21. The summed E-state index contributed by atoms with van der Waals surface area (Å²) in [5.41, 5.74) is 2.49. The lowest BCUT2D eigenvalue weighted by atomic mass is 10.1. The zero-order valence-corrected chi connectivity index (χ0v) is 14.5. The third-order valence-electron chi connectivity index (χ3n) is 3.57. The van der Waals surface area contributed by atoms with E-state index >= 15 is 0 Å². The van der Waals surface area contributed by atoms with Gasteiger partial charge in [0.05, 0.1) is 0 Å². The van der Waals surface area contributed by atoms with Crippen molar-refractivity contribution in [1.29, 1.82) is 0 Å². The van der Waals surface area contributed by atoms with Gasteiger partial charge >= 0.3 is 13.2 Å². The van der Waals surface area contributed by atoms with Crippen LogP contribution in [-0.4, -0.2) is 19.1 Å². The van der Waals surface area contributed by atoms with E-state index < -0.39 is 19.1 Å². The molecule has 144 valence electrons. The molecule has 0 saturated carbocycles. The number of nitrogens with one attached hydrogen (secondary N) is 1. The van der Waals surface area contributed by atoms with Crippen molar-refractivity contribution in [3.63, 3.8) is 0 Å². The van der Waals surface area contributed by atoms with Gasteiger partial charge in [0.1, 0.15) is 11.5 Å². The van der Waals surface area contributed by atoms with Crippen LogP contribution in [0.25, 0.3) is 6.08 Å². The molecule has 2 aromatic carbocycles. The Labute approximate surface area is 153 Å². The Morgan fingerprint density at radius 3 is 2.22 bits per heavy atom. The Morgan fingerprint density at radius 1 is 1.00 bits per heavy atom.